The SMILES string of the molecule is CC(C)=CCC[C@@H](C)CC(=O)N[C@@H](CCCNC1NN1[N+](=O)[O-])C(=O)N[C@@H](CC(C)C)B1O[C@@H]2C[C@@H]3C[C@@H](C3(C)C)[C@]2(C)O1. The van der Waals surface area contributed by atoms with Crippen LogP contribution < -0.4 is 21.4 Å². The summed E-state index contributed by atoms with van der Waals surface area (Å²) in [5, 5.41) is 20.5. The highest BCUT2D eigenvalue weighted by molar-refractivity contribution is 6.48. The fraction of sp³-hybridized carbons (Fsp3) is 0.871. The first-order valence-electron chi connectivity index (χ1n) is 16.6. The molecular weight excluding hydrogens is 563 g/mol. The molecule has 8 atom stereocenters. The molecule has 5 aliphatic rings. The standard InChI is InChI=1S/C31H55BN6O6/c1-19(2)11-9-12-21(5)16-27(39)34-23(13-10-14-33-29-36-37(29)38(41)42)28(40)35-26(15-20(3)4)32-43-25-18-22-17-24(30(22,6)7)31(25,8)44-32/h11,20-26,29,33,36H,9-10,12-18H2,1-8H3,(H,34,39)(H,35,40)/t21-,22+,23+,24+,25-,26+,29?,31+,37?/m1/s1. The summed E-state index contributed by atoms with van der Waals surface area (Å²) in [4.78, 5) is 37.8. The number of carbonyl (C=O) groups excluding carboxylic acids is 2. The van der Waals surface area contributed by atoms with E-state index in [1.54, 1.807) is 0 Å². The lowest BCUT2D eigenvalue weighted by atomic mass is 9.43. The van der Waals surface area contributed by atoms with Crippen molar-refractivity contribution in [2.75, 3.05) is 6.54 Å². The molecule has 0 aromatic carbocycles. The second-order valence-corrected chi connectivity index (χ2v) is 15.1. The first-order chi connectivity index (χ1) is 20.6. The van der Waals surface area contributed by atoms with E-state index in [1.807, 2.05) is 0 Å². The quantitative estimate of drug-likeness (QED) is 0.0477. The number of rotatable bonds is 17. The number of hydrogen-bond acceptors (Lipinski definition) is 8. The van der Waals surface area contributed by atoms with Crippen molar-refractivity contribution in [3.8, 4) is 0 Å². The van der Waals surface area contributed by atoms with Gasteiger partial charge in [-0.05, 0) is 106 Å². The highest BCUT2D eigenvalue weighted by Gasteiger charge is 2.68. The molecule has 5 rings (SSSR count). The monoisotopic (exact) mass is 618 g/mol. The van der Waals surface area contributed by atoms with Gasteiger partial charge in [0, 0.05) is 6.42 Å². The van der Waals surface area contributed by atoms with Crippen molar-refractivity contribution in [2.45, 2.75) is 137 Å². The van der Waals surface area contributed by atoms with Gasteiger partial charge in [0.1, 0.15) is 6.04 Å². The summed E-state index contributed by atoms with van der Waals surface area (Å²) in [6, 6.07) is -0.742. The zero-order valence-corrected chi connectivity index (χ0v) is 28.0. The second kappa shape index (κ2) is 14.0. The third-order valence-electron chi connectivity index (χ3n) is 10.4. The predicted molar refractivity (Wildman–Crippen MR) is 169 cm³/mol. The van der Waals surface area contributed by atoms with Gasteiger partial charge in [0.25, 0.3) is 0 Å². The van der Waals surface area contributed by atoms with E-state index in [0.717, 1.165) is 30.8 Å². The summed E-state index contributed by atoms with van der Waals surface area (Å²) >= 11 is 0. The number of carbonyl (C=O) groups is 2. The van der Waals surface area contributed by atoms with Crippen molar-refractivity contribution in [1.29, 1.82) is 0 Å². The molecule has 0 radical (unpaired) electrons. The first kappa shape index (κ1) is 34.7. The fourth-order valence-electron chi connectivity index (χ4n) is 7.61. The van der Waals surface area contributed by atoms with Gasteiger partial charge in [0.15, 0.2) is 5.03 Å². The van der Waals surface area contributed by atoms with Gasteiger partial charge in [-0.25, -0.2) is 10.1 Å². The average molecular weight is 619 g/mol. The van der Waals surface area contributed by atoms with Crippen molar-refractivity contribution >= 4 is 18.9 Å². The molecule has 0 aromatic rings. The van der Waals surface area contributed by atoms with Crippen molar-refractivity contribution < 1.29 is 23.9 Å². The van der Waals surface area contributed by atoms with E-state index in [9.17, 15) is 19.7 Å². The van der Waals surface area contributed by atoms with Crippen molar-refractivity contribution in [2.24, 2.45) is 29.1 Å². The Morgan fingerprint density at radius 1 is 1.16 bits per heavy atom. The van der Waals surface area contributed by atoms with Gasteiger partial charge in [0.05, 0.1) is 17.6 Å². The Bertz CT molecular complexity index is 1090. The van der Waals surface area contributed by atoms with Gasteiger partial charge in [-0.1, -0.05) is 46.3 Å². The van der Waals surface area contributed by atoms with E-state index < -0.39 is 24.5 Å². The number of nitrogens with one attached hydrogen (secondary N) is 4. The molecule has 2 amide bonds. The van der Waals surface area contributed by atoms with Crippen LogP contribution in [0, 0.1) is 39.2 Å². The van der Waals surface area contributed by atoms with Crippen LogP contribution in [0.15, 0.2) is 11.6 Å². The number of allylic oxidation sites excluding steroid dienone is 2. The predicted octanol–water partition coefficient (Wildman–Crippen LogP) is 3.71. The molecule has 1 unspecified atom stereocenters. The minimum Gasteiger partial charge on any atom is -0.404 e. The molecule has 0 spiro atoms. The highest BCUT2D eigenvalue weighted by Crippen LogP contribution is 2.65. The second-order valence-electron chi connectivity index (χ2n) is 15.1. The summed E-state index contributed by atoms with van der Waals surface area (Å²) in [6.07, 6.45) is 7.56. The lowest BCUT2D eigenvalue weighted by molar-refractivity contribution is -0.627. The molecule has 13 heteroatoms. The number of amides is 2. The summed E-state index contributed by atoms with van der Waals surface area (Å²) in [7, 11) is -0.548. The van der Waals surface area contributed by atoms with Gasteiger partial charge >= 0.3 is 7.12 Å². The molecule has 5 fully saturated rings. The van der Waals surface area contributed by atoms with E-state index in [0.29, 0.717) is 50.0 Å². The fourth-order valence-corrected chi connectivity index (χ4v) is 7.61. The number of nitrogens with zero attached hydrogens (tertiary/aromatic N) is 2. The summed E-state index contributed by atoms with van der Waals surface area (Å²) < 4.78 is 13.3. The van der Waals surface area contributed by atoms with Gasteiger partial charge in [0.2, 0.25) is 18.1 Å². The molecule has 4 N–H and O–H groups in total. The number of hydrazine groups is 2. The molecule has 2 saturated heterocycles. The van der Waals surface area contributed by atoms with Gasteiger partial charge < -0.3 is 19.9 Å². The van der Waals surface area contributed by atoms with Crippen LogP contribution in [-0.4, -0.2) is 65.6 Å². The molecular formula is C31H55BN6O6. The molecule has 2 aliphatic heterocycles. The Morgan fingerprint density at radius 3 is 2.50 bits per heavy atom. The van der Waals surface area contributed by atoms with Crippen LogP contribution in [0.3, 0.4) is 0 Å². The molecule has 3 aliphatic carbocycles. The molecule has 2 heterocycles. The lowest BCUT2D eigenvalue weighted by Gasteiger charge is -2.64. The van der Waals surface area contributed by atoms with Crippen LogP contribution in [0.25, 0.3) is 0 Å². The molecule has 2 bridgehead atoms. The van der Waals surface area contributed by atoms with E-state index in [2.05, 4.69) is 82.8 Å². The first-order valence-corrected chi connectivity index (χ1v) is 16.6. The Kier molecular flexibility index (Phi) is 11.1. The number of hydrogen-bond donors (Lipinski definition) is 4. The molecule has 44 heavy (non-hydrogen) atoms. The van der Waals surface area contributed by atoms with E-state index in [4.69, 9.17) is 9.31 Å². The van der Waals surface area contributed by atoms with Gasteiger partial charge in [-0.2, -0.15) is 0 Å². The van der Waals surface area contributed by atoms with Crippen LogP contribution in [-0.2, 0) is 18.9 Å². The molecule has 0 aromatic heterocycles. The van der Waals surface area contributed by atoms with Crippen LogP contribution in [0.1, 0.15) is 107 Å². The van der Waals surface area contributed by atoms with Crippen molar-refractivity contribution in [1.82, 2.24) is 26.5 Å². The largest absolute Gasteiger partial charge is 0.481 e. The maximum absolute atomic E-state index is 13.8. The zero-order valence-electron chi connectivity index (χ0n) is 28.0. The maximum Gasteiger partial charge on any atom is 0.481 e. The summed E-state index contributed by atoms with van der Waals surface area (Å²) in [5.41, 5.74) is 3.71. The van der Waals surface area contributed by atoms with Crippen LogP contribution in [0.4, 0.5) is 0 Å². The number of nitro groups is 1. The van der Waals surface area contributed by atoms with Crippen molar-refractivity contribution in [3.63, 3.8) is 0 Å². The zero-order chi connectivity index (χ0) is 32.4. The van der Waals surface area contributed by atoms with Crippen LogP contribution >= 0.6 is 0 Å². The smallest absolute Gasteiger partial charge is 0.404 e. The maximum atomic E-state index is 13.8. The van der Waals surface area contributed by atoms with Gasteiger partial charge in [-0.3, -0.25) is 14.9 Å². The molecule has 12 nitrogen and oxygen atoms in total. The Balaban J connectivity index is 1.38. The van der Waals surface area contributed by atoms with Crippen LogP contribution in [0.2, 0.25) is 0 Å². The summed E-state index contributed by atoms with van der Waals surface area (Å²) in [6.45, 7) is 17.7. The Labute approximate surface area is 263 Å². The Morgan fingerprint density at radius 2 is 1.89 bits per heavy atom. The highest BCUT2D eigenvalue weighted by atomic mass is 16.7. The third kappa shape index (κ3) is 8.13. The van der Waals surface area contributed by atoms with E-state index in [1.165, 1.54) is 5.57 Å². The topological polar surface area (TPSA) is 157 Å². The average Bonchev–Trinajstić information content (AvgIpc) is 3.61. The van der Waals surface area contributed by atoms with E-state index >= 15 is 0 Å². The normalized spacial score (nSPS) is 30.1. The minimum absolute atomic E-state index is 0.0139. The van der Waals surface area contributed by atoms with Gasteiger partial charge in [-0.15, -0.1) is 5.43 Å². The van der Waals surface area contributed by atoms with E-state index in [-0.39, 0.29) is 40.8 Å². The third-order valence-corrected chi connectivity index (χ3v) is 10.4. The summed E-state index contributed by atoms with van der Waals surface area (Å²) in [5.74, 6) is 0.766. The van der Waals surface area contributed by atoms with Crippen LogP contribution in [0.5, 0.6) is 0 Å². The molecule has 248 valence electrons. The van der Waals surface area contributed by atoms with Crippen molar-refractivity contribution in [3.05, 3.63) is 21.8 Å². The minimum atomic E-state index is -0.742. The Hall–Kier alpha value is -2.22. The molecule has 3 saturated carbocycles. The lowest BCUT2D eigenvalue weighted by Crippen LogP contribution is -2.65.